The molecule has 21 valence electrons. The second kappa shape index (κ2) is 9.17. The Hall–Kier alpha value is 0.820. The summed E-state index contributed by atoms with van der Waals surface area (Å²) >= 11 is 0. The van der Waals surface area contributed by atoms with E-state index in [0.29, 0.717) is 0 Å². The van der Waals surface area contributed by atoms with Gasteiger partial charge in [-0.1, -0.05) is 0 Å². The predicted octanol–water partition coefficient (Wildman–Crippen LogP) is 0.391. The second-order valence-electron chi connectivity index (χ2n) is 0.0583. The van der Waals surface area contributed by atoms with Gasteiger partial charge in [-0.3, -0.25) is 0 Å². The summed E-state index contributed by atoms with van der Waals surface area (Å²) in [7, 11) is 0. The van der Waals surface area contributed by atoms with Crippen molar-refractivity contribution in [3.63, 3.8) is 0 Å². The molecule has 0 spiro atoms. The average Bonchev–Trinajstić information content (AvgIpc) is 0.918. The monoisotopic (exact) mass is 77.0 g/mol. The van der Waals surface area contributed by atoms with Gasteiger partial charge in [-0.2, -0.15) is 0 Å². The molecule has 0 aromatic heterocycles. The average molecular weight is 77.0 g/mol. The summed E-state index contributed by atoms with van der Waals surface area (Å²) in [5.41, 5.74) is 0. The Kier molecular flexibility index (Phi) is 20.3. The van der Waals surface area contributed by atoms with Crippen molar-refractivity contribution in [1.82, 2.24) is 0 Å². The van der Waals surface area contributed by atoms with E-state index in [1.165, 1.54) is 5.15 Å². The molecule has 1 nitrogen and oxygen atoms in total. The van der Waals surface area contributed by atoms with Gasteiger partial charge in [0.2, 0.25) is 0 Å². The van der Waals surface area contributed by atoms with Crippen molar-refractivity contribution in [3.05, 3.63) is 0 Å². The third-order valence-electron chi connectivity index (χ3n) is 0. The molecule has 4 heteroatoms. The zero-order valence-corrected chi connectivity index (χ0v) is 4.16. The van der Waals surface area contributed by atoms with E-state index in [2.05, 4.69) is 0 Å². The normalized spacial score (nSPS) is 4.50. The maximum absolute atomic E-state index is 9.12. The largest absolute Gasteiger partial charge is 0.0209 e. The molecule has 0 bridgehead atoms. The fourth-order valence-electron chi connectivity index (χ4n) is 0. The van der Waals surface area contributed by atoms with Gasteiger partial charge >= 0.3 is 0 Å². The van der Waals surface area contributed by atoms with Crippen molar-refractivity contribution in [2.45, 2.75) is 0 Å². The molecule has 0 aromatic carbocycles. The summed E-state index contributed by atoms with van der Waals surface area (Å²) in [6, 6.07) is 0. The molecule has 0 heterocycles. The molecule has 0 amide bonds. The van der Waals surface area contributed by atoms with Gasteiger partial charge in [0, 0.05) is 34.7 Å². The summed E-state index contributed by atoms with van der Waals surface area (Å²) in [6.45, 7) is 0. The molecular formula is F2NaO. The molecule has 0 fully saturated rings. The maximum Gasteiger partial charge on any atom is 0.0209 e. The van der Waals surface area contributed by atoms with Crippen LogP contribution in [0.3, 0.4) is 0 Å². The number of halogens is 2. The maximum atomic E-state index is 9.12. The molecule has 0 unspecified atom stereocenters. The van der Waals surface area contributed by atoms with Crippen molar-refractivity contribution in [2.24, 2.45) is 0 Å². The van der Waals surface area contributed by atoms with Crippen molar-refractivity contribution in [1.29, 1.82) is 0 Å². The first-order chi connectivity index (χ1) is 1.41. The van der Waals surface area contributed by atoms with Gasteiger partial charge in [-0.05, 0) is 9.05 Å². The van der Waals surface area contributed by atoms with Crippen LogP contribution in [0.25, 0.3) is 0 Å². The summed E-state index contributed by atoms with van der Waals surface area (Å²) < 4.78 is 18.2. The molecule has 1 radical (unpaired) electrons. The molecule has 0 aliphatic carbocycles. The Labute approximate surface area is 44.0 Å². The summed E-state index contributed by atoms with van der Waals surface area (Å²) in [4.78, 5) is 0. The van der Waals surface area contributed by atoms with Crippen LogP contribution >= 0.6 is 0 Å². The number of rotatable bonds is 0. The summed E-state index contributed by atoms with van der Waals surface area (Å²) in [5.74, 6) is 0. The minimum atomic E-state index is 0. The van der Waals surface area contributed by atoms with Crippen LogP contribution in [-0.4, -0.2) is 29.6 Å². The molecule has 0 aromatic rings. The van der Waals surface area contributed by atoms with Gasteiger partial charge in [-0.15, -0.1) is 0 Å². The third kappa shape index (κ3) is 13.9. The number of hydrogen-bond donors (Lipinski definition) is 0. The van der Waals surface area contributed by atoms with E-state index >= 15 is 0 Å². The number of hydrogen-bond acceptors (Lipinski definition) is 1. The van der Waals surface area contributed by atoms with Crippen LogP contribution in [0.15, 0.2) is 0 Å². The Morgan fingerprint density at radius 3 is 1.25 bits per heavy atom. The van der Waals surface area contributed by atoms with Crippen molar-refractivity contribution in [3.8, 4) is 0 Å². The molecule has 0 atom stereocenters. The molecule has 0 saturated heterocycles. The smallest absolute Gasteiger partial charge is 0.0104 e. The van der Waals surface area contributed by atoms with E-state index in [-0.39, 0.29) is 29.6 Å². The Bertz CT molecular complexity index is 6.00. The van der Waals surface area contributed by atoms with E-state index in [1.54, 1.807) is 0 Å². The van der Waals surface area contributed by atoms with Gasteiger partial charge in [0.1, 0.15) is 0 Å². The molecule has 0 N–H and O–H groups in total. The third-order valence-corrected chi connectivity index (χ3v) is 0. The first-order valence-corrected chi connectivity index (χ1v) is 0.309. The minimum Gasteiger partial charge on any atom is -0.0104 e. The van der Waals surface area contributed by atoms with Crippen LogP contribution in [0.2, 0.25) is 0 Å². The predicted molar refractivity (Wildman–Crippen MR) is 9.05 cm³/mol. The van der Waals surface area contributed by atoms with Crippen molar-refractivity contribution in [2.75, 3.05) is 0 Å². The summed E-state index contributed by atoms with van der Waals surface area (Å²) in [6.07, 6.45) is 0. The van der Waals surface area contributed by atoms with Gasteiger partial charge in [0.25, 0.3) is 0 Å². The van der Waals surface area contributed by atoms with Gasteiger partial charge < -0.3 is 0 Å². The molecule has 0 saturated carbocycles. The quantitative estimate of drug-likeness (QED) is 0.380. The zero-order chi connectivity index (χ0) is 2.71. The van der Waals surface area contributed by atoms with Gasteiger partial charge in [-0.25, -0.2) is 0 Å². The topological polar surface area (TPSA) is 9.23 Å². The Balaban J connectivity index is 0. The van der Waals surface area contributed by atoms with E-state index < -0.39 is 0 Å². The fourth-order valence-corrected chi connectivity index (χ4v) is 0. The van der Waals surface area contributed by atoms with E-state index in [9.17, 15) is 0 Å². The van der Waals surface area contributed by atoms with Crippen LogP contribution in [0.1, 0.15) is 0 Å². The van der Waals surface area contributed by atoms with Gasteiger partial charge in [0.05, 0.1) is 0 Å². The zero-order valence-electron chi connectivity index (χ0n) is 2.16. The van der Waals surface area contributed by atoms with Crippen LogP contribution in [0, 0.1) is 0 Å². The van der Waals surface area contributed by atoms with Crippen molar-refractivity contribution >= 4 is 29.6 Å². The molecular weight excluding hydrogens is 77.0 g/mol. The molecule has 0 rings (SSSR count). The van der Waals surface area contributed by atoms with E-state index in [4.69, 9.17) is 9.05 Å². The van der Waals surface area contributed by atoms with E-state index in [0.717, 1.165) is 0 Å². The van der Waals surface area contributed by atoms with E-state index in [1.807, 2.05) is 0 Å². The SMILES string of the molecule is FOF.[Na]. The minimum absolute atomic E-state index is 0. The standard InChI is InChI=1S/F2O.Na/c1-3-2;. The Morgan fingerprint density at radius 1 is 1.25 bits per heavy atom. The first kappa shape index (κ1) is 8.84. The Morgan fingerprint density at radius 2 is 1.25 bits per heavy atom. The van der Waals surface area contributed by atoms with Gasteiger partial charge in [0.15, 0.2) is 0 Å². The van der Waals surface area contributed by atoms with Crippen LogP contribution in [0.5, 0.6) is 0 Å². The van der Waals surface area contributed by atoms with Crippen LogP contribution < -0.4 is 0 Å². The molecule has 4 heavy (non-hydrogen) atoms. The molecule has 0 aliphatic rings. The van der Waals surface area contributed by atoms with Crippen molar-refractivity contribution < 1.29 is 14.2 Å². The van der Waals surface area contributed by atoms with Crippen LogP contribution in [0.4, 0.5) is 9.05 Å². The first-order valence-electron chi connectivity index (χ1n) is 0.309. The van der Waals surface area contributed by atoms with Crippen LogP contribution in [-0.2, 0) is 5.15 Å². The fraction of sp³-hybridized carbons (Fsp3) is 0. The second-order valence-corrected chi connectivity index (χ2v) is 0.0583. The molecule has 0 aliphatic heterocycles. The summed E-state index contributed by atoms with van der Waals surface area (Å²) in [5, 5.41) is 1.25.